The number of alkyl carbamates (subject to hydrolysis) is 1. The molecule has 0 spiro atoms. The maximum Gasteiger partial charge on any atom is 0.408 e. The summed E-state index contributed by atoms with van der Waals surface area (Å²) < 4.78 is 12.2. The molecule has 11 nitrogen and oxygen atoms in total. The molecular formula is C35H43ClN4O7. The van der Waals surface area contributed by atoms with E-state index >= 15 is 0 Å². The van der Waals surface area contributed by atoms with Gasteiger partial charge in [0, 0.05) is 29.5 Å². The average molecular weight is 667 g/mol. The molecule has 1 aromatic heterocycles. The Hall–Kier alpha value is -3.86. The van der Waals surface area contributed by atoms with Crippen molar-refractivity contribution >= 4 is 46.4 Å². The molecule has 2 aliphatic carbocycles. The fraction of sp³-hybridized carbons (Fsp3) is 0.571. The Bertz CT molecular complexity index is 1560. The second-order valence-corrected chi connectivity index (χ2v) is 13.6. The summed E-state index contributed by atoms with van der Waals surface area (Å²) in [5.74, 6) is -1.86. The zero-order valence-electron chi connectivity index (χ0n) is 26.7. The SMILES string of the molecule is CCc1cc(O[C@@H]2C[C@H]3C(=O)N[C@]4(C(=O)O)C[C@H]4/C=C\CCCCC[C@H](NC(=O)OC4CCCC4)C(=O)N3C2)c2cccc(Cl)c2n1. The Balaban J connectivity index is 1.29. The molecular weight excluding hydrogens is 624 g/mol. The molecule has 2 aliphatic heterocycles. The number of hydrogen-bond donors (Lipinski definition) is 3. The number of ether oxygens (including phenoxy) is 2. The largest absolute Gasteiger partial charge is 0.488 e. The fourth-order valence-electron chi connectivity index (χ4n) is 7.17. The highest BCUT2D eigenvalue weighted by Gasteiger charge is 2.61. The van der Waals surface area contributed by atoms with Crippen molar-refractivity contribution in [2.75, 3.05) is 6.54 Å². The third-order valence-electron chi connectivity index (χ3n) is 9.95. The molecule has 0 radical (unpaired) electrons. The van der Waals surface area contributed by atoms with Crippen LogP contribution in [0.3, 0.4) is 0 Å². The van der Waals surface area contributed by atoms with Crippen molar-refractivity contribution in [3.05, 3.63) is 47.1 Å². The first-order chi connectivity index (χ1) is 22.7. The first kappa shape index (κ1) is 33.1. The van der Waals surface area contributed by atoms with Gasteiger partial charge in [0.05, 0.1) is 17.1 Å². The number of pyridine rings is 1. The average Bonchev–Trinajstić information content (AvgIpc) is 3.33. The lowest BCUT2D eigenvalue weighted by atomic mass is 10.0. The molecule has 3 heterocycles. The van der Waals surface area contributed by atoms with Crippen LogP contribution in [0.15, 0.2) is 36.4 Å². The van der Waals surface area contributed by atoms with E-state index in [1.165, 1.54) is 4.90 Å². The van der Waals surface area contributed by atoms with Crippen molar-refractivity contribution in [2.45, 2.75) is 114 Å². The summed E-state index contributed by atoms with van der Waals surface area (Å²) in [6.45, 7) is 2.05. The number of carbonyl (C=O) groups excluding carboxylic acids is 3. The fourth-order valence-corrected chi connectivity index (χ4v) is 7.39. The monoisotopic (exact) mass is 666 g/mol. The summed E-state index contributed by atoms with van der Waals surface area (Å²) in [5, 5.41) is 16.9. The van der Waals surface area contributed by atoms with E-state index < -0.39 is 47.6 Å². The summed E-state index contributed by atoms with van der Waals surface area (Å²) in [6.07, 6.45) is 10.6. The Kier molecular flexibility index (Phi) is 9.91. The molecule has 47 heavy (non-hydrogen) atoms. The minimum Gasteiger partial charge on any atom is -0.488 e. The number of aryl methyl sites for hydroxylation is 1. The lowest BCUT2D eigenvalue weighted by molar-refractivity contribution is -0.145. The van der Waals surface area contributed by atoms with Gasteiger partial charge in [-0.1, -0.05) is 49.6 Å². The summed E-state index contributed by atoms with van der Waals surface area (Å²) in [4.78, 5) is 59.8. The van der Waals surface area contributed by atoms with Gasteiger partial charge in [-0.2, -0.15) is 0 Å². The highest BCUT2D eigenvalue weighted by atomic mass is 35.5. The number of fused-ring (bicyclic) bond motifs is 3. The van der Waals surface area contributed by atoms with Crippen molar-refractivity contribution in [1.82, 2.24) is 20.5 Å². The third-order valence-corrected chi connectivity index (χ3v) is 10.3. The van der Waals surface area contributed by atoms with Gasteiger partial charge in [0.15, 0.2) is 0 Å². The molecule has 3 fully saturated rings. The second kappa shape index (κ2) is 14.1. The highest BCUT2D eigenvalue weighted by Crippen LogP contribution is 2.45. The standard InChI is InChI=1S/C35H43ClN4O7/c1-2-22-17-29(25-14-10-15-26(36)30(25)37-22)46-24-18-28-31(41)39-35(33(43)44)19-21(35)11-6-4-3-5-7-16-27(32(42)40(28)20-24)38-34(45)47-23-12-8-9-13-23/h6,10-11,14-15,17,21,23-24,27-28H,2-5,7-9,12-13,16,18-20H2,1H3,(H,38,45)(H,39,41)(H,43,44)/b11-6-/t21-,24-,27+,28+,35-/m1/s1. The lowest BCUT2D eigenvalue weighted by Gasteiger charge is -2.29. The van der Waals surface area contributed by atoms with E-state index in [4.69, 9.17) is 21.1 Å². The second-order valence-electron chi connectivity index (χ2n) is 13.2. The molecule has 2 saturated carbocycles. The number of para-hydroxylation sites is 1. The van der Waals surface area contributed by atoms with Crippen molar-refractivity contribution < 1.29 is 33.8 Å². The van der Waals surface area contributed by atoms with Gasteiger partial charge in [-0.05, 0) is 69.9 Å². The number of nitrogens with one attached hydrogen (secondary N) is 2. The number of aliphatic carboxylic acids is 1. The number of hydrogen-bond acceptors (Lipinski definition) is 7. The van der Waals surface area contributed by atoms with Crippen molar-refractivity contribution in [2.24, 2.45) is 5.92 Å². The van der Waals surface area contributed by atoms with Gasteiger partial charge in [0.1, 0.15) is 35.6 Å². The van der Waals surface area contributed by atoms with Gasteiger partial charge in [0.2, 0.25) is 11.8 Å². The van der Waals surface area contributed by atoms with Gasteiger partial charge >= 0.3 is 12.1 Å². The molecule has 252 valence electrons. The van der Waals surface area contributed by atoms with Crippen LogP contribution in [0, 0.1) is 5.92 Å². The Morgan fingerprint density at radius 3 is 2.68 bits per heavy atom. The molecule has 12 heteroatoms. The van der Waals surface area contributed by atoms with Crippen LogP contribution in [-0.4, -0.2) is 75.2 Å². The molecule has 5 atom stereocenters. The predicted octanol–water partition coefficient (Wildman–Crippen LogP) is 5.32. The summed E-state index contributed by atoms with van der Waals surface area (Å²) in [5.41, 5.74) is -0.0342. The lowest BCUT2D eigenvalue weighted by Crippen LogP contribution is -2.56. The van der Waals surface area contributed by atoms with Crippen molar-refractivity contribution in [3.8, 4) is 5.75 Å². The quantitative estimate of drug-likeness (QED) is 0.351. The molecule has 0 bridgehead atoms. The van der Waals surface area contributed by atoms with Gasteiger partial charge in [-0.15, -0.1) is 0 Å². The van der Waals surface area contributed by atoms with E-state index in [0.29, 0.717) is 40.9 Å². The van der Waals surface area contributed by atoms with Gasteiger partial charge in [-0.3, -0.25) is 14.6 Å². The molecule has 2 aromatic rings. The van der Waals surface area contributed by atoms with Gasteiger partial charge in [0.25, 0.3) is 0 Å². The van der Waals surface area contributed by atoms with Crippen LogP contribution in [0.4, 0.5) is 4.79 Å². The van der Waals surface area contributed by atoms with Crippen LogP contribution < -0.4 is 15.4 Å². The van der Waals surface area contributed by atoms with Crippen LogP contribution >= 0.6 is 11.6 Å². The molecule has 3 N–H and O–H groups in total. The normalized spacial score (nSPS) is 29.2. The number of allylic oxidation sites excluding steroid dienone is 1. The minimum atomic E-state index is -1.42. The van der Waals surface area contributed by atoms with Crippen LogP contribution in [0.2, 0.25) is 5.02 Å². The predicted molar refractivity (Wildman–Crippen MR) is 175 cm³/mol. The topological polar surface area (TPSA) is 147 Å². The van der Waals surface area contributed by atoms with E-state index in [1.807, 2.05) is 37.3 Å². The smallest absolute Gasteiger partial charge is 0.408 e. The Labute approximate surface area is 279 Å². The highest BCUT2D eigenvalue weighted by molar-refractivity contribution is 6.35. The number of carboxylic acid groups (broad SMARTS) is 1. The molecule has 0 unspecified atom stereocenters. The number of benzene rings is 1. The number of amides is 3. The number of carboxylic acids is 1. The van der Waals surface area contributed by atoms with E-state index in [1.54, 1.807) is 6.07 Å². The zero-order valence-corrected chi connectivity index (χ0v) is 27.5. The van der Waals surface area contributed by atoms with Gasteiger partial charge < -0.3 is 30.1 Å². The van der Waals surface area contributed by atoms with Crippen LogP contribution in [-0.2, 0) is 25.5 Å². The first-order valence-corrected chi connectivity index (χ1v) is 17.3. The zero-order chi connectivity index (χ0) is 33.1. The molecule has 3 amide bonds. The van der Waals surface area contributed by atoms with Crippen molar-refractivity contribution in [3.63, 3.8) is 0 Å². The van der Waals surface area contributed by atoms with E-state index in [2.05, 4.69) is 15.6 Å². The Morgan fingerprint density at radius 1 is 1.13 bits per heavy atom. The van der Waals surface area contributed by atoms with Crippen LogP contribution in [0.25, 0.3) is 10.9 Å². The van der Waals surface area contributed by atoms with Crippen LogP contribution in [0.5, 0.6) is 5.75 Å². The summed E-state index contributed by atoms with van der Waals surface area (Å²) >= 11 is 6.49. The summed E-state index contributed by atoms with van der Waals surface area (Å²) in [7, 11) is 0. The number of halogens is 1. The number of carbonyl (C=O) groups is 4. The third kappa shape index (κ3) is 7.20. The van der Waals surface area contributed by atoms with E-state index in [9.17, 15) is 24.3 Å². The first-order valence-electron chi connectivity index (χ1n) is 16.9. The molecule has 1 saturated heterocycles. The summed E-state index contributed by atoms with van der Waals surface area (Å²) in [6, 6.07) is 5.37. The number of rotatable bonds is 6. The Morgan fingerprint density at radius 2 is 1.91 bits per heavy atom. The van der Waals surface area contributed by atoms with Crippen LogP contribution in [0.1, 0.15) is 83.2 Å². The number of nitrogens with zero attached hydrogens (tertiary/aromatic N) is 2. The molecule has 6 rings (SSSR count). The van der Waals surface area contributed by atoms with E-state index in [-0.39, 0.29) is 31.4 Å². The van der Waals surface area contributed by atoms with E-state index in [0.717, 1.165) is 50.6 Å². The molecule has 1 aromatic carbocycles. The number of aromatic nitrogens is 1. The minimum absolute atomic E-state index is 0.0714. The maximum absolute atomic E-state index is 14.3. The van der Waals surface area contributed by atoms with Gasteiger partial charge in [-0.25, -0.2) is 9.59 Å². The molecule has 4 aliphatic rings. The maximum atomic E-state index is 14.3. The van der Waals surface area contributed by atoms with Crippen molar-refractivity contribution in [1.29, 1.82) is 0 Å².